The molecule has 19 heavy (non-hydrogen) atoms. The molecule has 0 radical (unpaired) electrons. The molecule has 0 aromatic carbocycles. The van der Waals surface area contributed by atoms with Crippen molar-refractivity contribution in [1.82, 2.24) is 15.4 Å². The summed E-state index contributed by atoms with van der Waals surface area (Å²) in [6.07, 6.45) is 3.57. The summed E-state index contributed by atoms with van der Waals surface area (Å²) < 4.78 is 28.9. The van der Waals surface area contributed by atoms with Crippen molar-refractivity contribution in [2.24, 2.45) is 0 Å². The van der Waals surface area contributed by atoms with Crippen LogP contribution < -0.4 is 4.90 Å². The van der Waals surface area contributed by atoms with Crippen molar-refractivity contribution < 1.29 is 12.9 Å². The molecule has 0 saturated carbocycles. The third kappa shape index (κ3) is 2.61. The van der Waals surface area contributed by atoms with Gasteiger partial charge in [-0.15, -0.1) is 10.2 Å². The number of rotatable bonds is 4. The Morgan fingerprint density at radius 3 is 2.79 bits per heavy atom. The Morgan fingerprint density at radius 1 is 1.32 bits per heavy atom. The Kier molecular flexibility index (Phi) is 3.23. The lowest BCUT2D eigenvalue weighted by Gasteiger charge is -2.10. The molecular formula is C10H12N4O3S2. The molecule has 1 saturated heterocycles. The van der Waals surface area contributed by atoms with Gasteiger partial charge in [0.1, 0.15) is 12.0 Å². The van der Waals surface area contributed by atoms with Crippen LogP contribution in [-0.4, -0.2) is 36.9 Å². The van der Waals surface area contributed by atoms with E-state index in [4.69, 9.17) is 0 Å². The molecule has 9 heteroatoms. The third-order valence-corrected chi connectivity index (χ3v) is 5.95. The van der Waals surface area contributed by atoms with Crippen LogP contribution in [0.5, 0.6) is 0 Å². The molecule has 7 nitrogen and oxygen atoms in total. The van der Waals surface area contributed by atoms with E-state index in [2.05, 4.69) is 24.8 Å². The van der Waals surface area contributed by atoms with Crippen LogP contribution in [0.25, 0.3) is 0 Å². The Labute approximate surface area is 114 Å². The van der Waals surface area contributed by atoms with E-state index in [0.717, 1.165) is 37.3 Å². The van der Waals surface area contributed by atoms with E-state index < -0.39 is 9.84 Å². The van der Waals surface area contributed by atoms with Gasteiger partial charge in [-0.05, 0) is 12.8 Å². The molecular weight excluding hydrogens is 288 g/mol. The molecule has 0 spiro atoms. The van der Waals surface area contributed by atoms with Crippen molar-refractivity contribution in [2.45, 2.75) is 22.9 Å². The second kappa shape index (κ2) is 4.89. The zero-order valence-corrected chi connectivity index (χ0v) is 11.7. The molecule has 102 valence electrons. The Hall–Kier alpha value is -1.48. The van der Waals surface area contributed by atoms with Crippen molar-refractivity contribution in [3.63, 3.8) is 0 Å². The zero-order chi connectivity index (χ0) is 13.3. The van der Waals surface area contributed by atoms with Crippen LogP contribution in [0.2, 0.25) is 0 Å². The maximum atomic E-state index is 12.1. The number of hydrogen-bond donors (Lipinski definition) is 0. The average Bonchev–Trinajstić information content (AvgIpc) is 3.11. The summed E-state index contributed by atoms with van der Waals surface area (Å²) in [5.74, 6) is -0.210. The highest BCUT2D eigenvalue weighted by Gasteiger charge is 2.24. The lowest BCUT2D eigenvalue weighted by Crippen LogP contribution is -2.17. The van der Waals surface area contributed by atoms with Gasteiger partial charge in [-0.1, -0.05) is 16.5 Å². The normalized spacial score (nSPS) is 16.1. The van der Waals surface area contributed by atoms with E-state index in [1.807, 2.05) is 0 Å². The number of aromatic nitrogens is 3. The summed E-state index contributed by atoms with van der Waals surface area (Å²) in [7, 11) is -3.50. The van der Waals surface area contributed by atoms with Crippen LogP contribution in [0.15, 0.2) is 21.2 Å². The fourth-order valence-corrected chi connectivity index (χ4v) is 4.30. The van der Waals surface area contributed by atoms with Crippen LogP contribution in [0.4, 0.5) is 5.13 Å². The minimum atomic E-state index is -3.50. The highest BCUT2D eigenvalue weighted by molar-refractivity contribution is 7.92. The molecule has 3 heterocycles. The topological polar surface area (TPSA) is 89.2 Å². The van der Waals surface area contributed by atoms with Gasteiger partial charge in [0.2, 0.25) is 19.3 Å². The van der Waals surface area contributed by atoms with Crippen LogP contribution in [-0.2, 0) is 15.6 Å². The van der Waals surface area contributed by atoms with Crippen LogP contribution >= 0.6 is 11.3 Å². The van der Waals surface area contributed by atoms with Gasteiger partial charge in [0, 0.05) is 19.2 Å². The number of hydrogen-bond acceptors (Lipinski definition) is 8. The summed E-state index contributed by atoms with van der Waals surface area (Å²) >= 11 is 1.12. The van der Waals surface area contributed by atoms with Crippen molar-refractivity contribution in [3.8, 4) is 0 Å². The summed E-state index contributed by atoms with van der Waals surface area (Å²) in [5, 5.41) is 12.0. The molecule has 0 aliphatic carbocycles. The number of sulfone groups is 1. The minimum absolute atomic E-state index is 0.0393. The van der Waals surface area contributed by atoms with Crippen molar-refractivity contribution in [2.75, 3.05) is 18.0 Å². The average molecular weight is 300 g/mol. The first-order chi connectivity index (χ1) is 9.15. The van der Waals surface area contributed by atoms with Crippen molar-refractivity contribution in [1.29, 1.82) is 0 Å². The highest BCUT2D eigenvalue weighted by atomic mass is 32.2. The van der Waals surface area contributed by atoms with Gasteiger partial charge in [-0.3, -0.25) is 0 Å². The molecule has 0 atom stereocenters. The van der Waals surface area contributed by atoms with Crippen LogP contribution in [0.1, 0.15) is 18.5 Å². The fourth-order valence-electron chi connectivity index (χ4n) is 1.93. The monoisotopic (exact) mass is 300 g/mol. The van der Waals surface area contributed by atoms with Gasteiger partial charge in [-0.25, -0.2) is 8.42 Å². The van der Waals surface area contributed by atoms with E-state index in [-0.39, 0.29) is 10.1 Å². The third-order valence-electron chi connectivity index (χ3n) is 2.87. The molecule has 0 N–H and O–H groups in total. The summed E-state index contributed by atoms with van der Waals surface area (Å²) in [6.45, 7) is 1.83. The Morgan fingerprint density at radius 2 is 2.11 bits per heavy atom. The molecule has 1 aliphatic rings. The maximum Gasteiger partial charge on any atom is 0.234 e. The van der Waals surface area contributed by atoms with Gasteiger partial charge in [-0.2, -0.15) is 0 Å². The SMILES string of the molecule is O=S(=O)(Cc1ccon1)c1nnc(N2CCCC2)s1. The van der Waals surface area contributed by atoms with E-state index in [0.29, 0.717) is 10.8 Å². The molecule has 0 amide bonds. The largest absolute Gasteiger partial charge is 0.364 e. The minimum Gasteiger partial charge on any atom is -0.364 e. The van der Waals surface area contributed by atoms with E-state index >= 15 is 0 Å². The van der Waals surface area contributed by atoms with Gasteiger partial charge in [0.15, 0.2) is 0 Å². The van der Waals surface area contributed by atoms with Gasteiger partial charge in [0.05, 0.1) is 5.69 Å². The summed E-state index contributed by atoms with van der Waals surface area (Å²) in [6, 6.07) is 1.53. The first kappa shape index (κ1) is 12.5. The van der Waals surface area contributed by atoms with Crippen LogP contribution in [0, 0.1) is 0 Å². The van der Waals surface area contributed by atoms with E-state index in [1.165, 1.54) is 12.3 Å². The summed E-state index contributed by atoms with van der Waals surface area (Å²) in [5.41, 5.74) is 0.373. The second-order valence-electron chi connectivity index (χ2n) is 4.29. The molecule has 1 aliphatic heterocycles. The second-order valence-corrected chi connectivity index (χ2v) is 7.41. The lowest BCUT2D eigenvalue weighted by atomic mass is 10.4. The van der Waals surface area contributed by atoms with Crippen molar-refractivity contribution in [3.05, 3.63) is 18.0 Å². The van der Waals surface area contributed by atoms with Crippen molar-refractivity contribution >= 4 is 26.3 Å². The van der Waals surface area contributed by atoms with E-state index in [9.17, 15) is 8.42 Å². The van der Waals surface area contributed by atoms with Crippen LogP contribution in [0.3, 0.4) is 0 Å². The predicted octanol–water partition coefficient (Wildman–Crippen LogP) is 1.10. The fraction of sp³-hybridized carbons (Fsp3) is 0.500. The lowest BCUT2D eigenvalue weighted by molar-refractivity contribution is 0.413. The zero-order valence-electron chi connectivity index (χ0n) is 10.0. The first-order valence-corrected chi connectivity index (χ1v) is 8.32. The first-order valence-electron chi connectivity index (χ1n) is 5.86. The molecule has 2 aromatic heterocycles. The smallest absolute Gasteiger partial charge is 0.234 e. The van der Waals surface area contributed by atoms with Gasteiger partial charge >= 0.3 is 0 Å². The predicted molar refractivity (Wildman–Crippen MR) is 68.7 cm³/mol. The van der Waals surface area contributed by atoms with E-state index in [1.54, 1.807) is 0 Å². The maximum absolute atomic E-state index is 12.1. The number of nitrogens with zero attached hydrogens (tertiary/aromatic N) is 4. The standard InChI is InChI=1S/C10H12N4O3S2/c15-19(16,7-8-3-6-17-13-8)10-12-11-9(18-10)14-4-1-2-5-14/h3,6H,1-2,4-5,7H2. The Balaban J connectivity index is 1.81. The molecule has 3 rings (SSSR count). The molecule has 0 unspecified atom stereocenters. The molecule has 2 aromatic rings. The Bertz CT molecular complexity index is 644. The highest BCUT2D eigenvalue weighted by Crippen LogP contribution is 2.28. The number of anilines is 1. The quantitative estimate of drug-likeness (QED) is 0.835. The molecule has 1 fully saturated rings. The molecule has 0 bridgehead atoms. The van der Waals surface area contributed by atoms with Gasteiger partial charge < -0.3 is 9.42 Å². The summed E-state index contributed by atoms with van der Waals surface area (Å²) in [4.78, 5) is 2.06. The van der Waals surface area contributed by atoms with Gasteiger partial charge in [0.25, 0.3) is 0 Å².